The van der Waals surface area contributed by atoms with E-state index in [1.165, 1.54) is 0 Å². The fraction of sp³-hybridized carbons (Fsp3) is 0.500. The van der Waals surface area contributed by atoms with Gasteiger partial charge in [0.05, 0.1) is 6.61 Å². The number of hydrogen-bond acceptors (Lipinski definition) is 4. The number of alkyl halides is 1. The Hall–Kier alpha value is -0.310. The van der Waals surface area contributed by atoms with Crippen LogP contribution in [0.3, 0.4) is 0 Å². The van der Waals surface area contributed by atoms with E-state index in [1.807, 2.05) is 0 Å². The van der Waals surface area contributed by atoms with Crippen molar-refractivity contribution in [3.8, 4) is 0 Å². The van der Waals surface area contributed by atoms with E-state index in [4.69, 9.17) is 11.6 Å². The summed E-state index contributed by atoms with van der Waals surface area (Å²) in [6.45, 7) is 4.95. The lowest BCUT2D eigenvalue weighted by molar-refractivity contribution is 0.173. The molecular weight excluding hydrogens is 202 g/mol. The Balaban J connectivity index is 4.41. The highest BCUT2D eigenvalue weighted by atomic mass is 35.5. The predicted octanol–water partition coefficient (Wildman–Crippen LogP) is 2.78. The van der Waals surface area contributed by atoms with Gasteiger partial charge in [0, 0.05) is 5.82 Å². The van der Waals surface area contributed by atoms with Crippen molar-refractivity contribution < 1.29 is 18.6 Å². The third-order valence-electron chi connectivity index (χ3n) is 1.00. The van der Waals surface area contributed by atoms with Crippen LogP contribution in [0.15, 0.2) is 12.4 Å². The second kappa shape index (κ2) is 5.36. The number of ether oxygens (including phenoxy) is 1. The number of carbonyl (C=O) groups excluding carboxylic acids is 1. The molecule has 0 aromatic heterocycles. The van der Waals surface area contributed by atoms with Crippen molar-refractivity contribution in [3.05, 3.63) is 12.4 Å². The summed E-state index contributed by atoms with van der Waals surface area (Å²) in [4.78, 5) is 10.9. The number of carbonyl (C=O) groups is 1. The largest absolute Gasteiger partial charge is 0.459 e. The highest BCUT2D eigenvalue weighted by molar-refractivity contribution is 7.78. The van der Waals surface area contributed by atoms with Crippen LogP contribution >= 0.6 is 19.0 Å². The van der Waals surface area contributed by atoms with Crippen LogP contribution in [0.2, 0.25) is 0 Å². The number of hydrogen-bond donors (Lipinski definition) is 0. The van der Waals surface area contributed by atoms with E-state index in [2.05, 4.69) is 15.8 Å². The smallest absolute Gasteiger partial charge is 0.395 e. The van der Waals surface area contributed by atoms with Crippen molar-refractivity contribution in [2.24, 2.45) is 0 Å². The number of rotatable bonds is 5. The fourth-order valence-electron chi connectivity index (χ4n) is 0.466. The molecule has 0 fully saturated rings. The van der Waals surface area contributed by atoms with Crippen LogP contribution in [-0.4, -0.2) is 18.4 Å². The van der Waals surface area contributed by atoms with Crippen molar-refractivity contribution >= 4 is 24.7 Å². The van der Waals surface area contributed by atoms with E-state index in [0.717, 1.165) is 5.82 Å². The van der Waals surface area contributed by atoms with Gasteiger partial charge < -0.3 is 9.26 Å². The molecule has 0 aromatic rings. The molecular formula is C6H10ClO4P. The highest BCUT2D eigenvalue weighted by Gasteiger charge is 2.30. The van der Waals surface area contributed by atoms with Crippen LogP contribution in [0.25, 0.3) is 0 Å². The Labute approximate surface area is 75.9 Å². The van der Waals surface area contributed by atoms with Gasteiger partial charge in [-0.1, -0.05) is 18.2 Å². The highest BCUT2D eigenvalue weighted by Crippen LogP contribution is 2.49. The van der Waals surface area contributed by atoms with Crippen LogP contribution in [0.5, 0.6) is 0 Å². The molecule has 0 aromatic carbocycles. The molecule has 1 atom stereocenters. The molecule has 0 aliphatic heterocycles. The molecule has 0 bridgehead atoms. The normalized spacial score (nSPS) is 14.8. The molecule has 12 heavy (non-hydrogen) atoms. The second-order valence-corrected chi connectivity index (χ2v) is 4.12. The summed E-state index contributed by atoms with van der Waals surface area (Å²) >= 11 is 5.16. The molecule has 0 N–H and O–H groups in total. The van der Waals surface area contributed by atoms with Gasteiger partial charge in [-0.05, 0) is 6.92 Å². The zero-order valence-corrected chi connectivity index (χ0v) is 8.31. The predicted molar refractivity (Wildman–Crippen MR) is 46.6 cm³/mol. The van der Waals surface area contributed by atoms with Crippen LogP contribution in [0, 0.1) is 0 Å². The van der Waals surface area contributed by atoms with Gasteiger partial charge in [-0.25, -0.2) is 4.79 Å². The van der Waals surface area contributed by atoms with E-state index < -0.39 is 13.1 Å². The Kier molecular flexibility index (Phi) is 5.22. The fourth-order valence-corrected chi connectivity index (χ4v) is 1.71. The summed E-state index contributed by atoms with van der Waals surface area (Å²) in [6.07, 6.45) is 0. The van der Waals surface area contributed by atoms with Gasteiger partial charge in [0.2, 0.25) is 0 Å². The molecule has 0 saturated heterocycles. The van der Waals surface area contributed by atoms with Gasteiger partial charge in [0.15, 0.2) is 0 Å². The van der Waals surface area contributed by atoms with Crippen LogP contribution in [0.4, 0.5) is 4.79 Å². The van der Waals surface area contributed by atoms with Gasteiger partial charge in [0.1, 0.15) is 6.07 Å². The zero-order chi connectivity index (χ0) is 9.61. The minimum absolute atomic E-state index is 0.141. The van der Waals surface area contributed by atoms with Gasteiger partial charge in [0.25, 0.3) is 0 Å². The topological polar surface area (TPSA) is 52.6 Å². The molecule has 0 heterocycles. The van der Waals surface area contributed by atoms with Crippen LogP contribution in [0.1, 0.15) is 6.92 Å². The van der Waals surface area contributed by atoms with Crippen molar-refractivity contribution in [3.63, 3.8) is 0 Å². The molecule has 0 spiro atoms. The quantitative estimate of drug-likeness (QED) is 0.519. The van der Waals surface area contributed by atoms with E-state index in [1.54, 1.807) is 6.92 Å². The Morgan fingerprint density at radius 1 is 1.75 bits per heavy atom. The molecule has 4 nitrogen and oxygen atoms in total. The molecule has 0 aliphatic carbocycles. The van der Waals surface area contributed by atoms with E-state index in [-0.39, 0.29) is 12.7 Å². The lowest BCUT2D eigenvalue weighted by atomic mass is 10.9. The Bertz CT molecular complexity index is 216. The van der Waals surface area contributed by atoms with Crippen molar-refractivity contribution in [2.45, 2.75) is 6.92 Å². The molecule has 0 aliphatic rings. The lowest BCUT2D eigenvalue weighted by Gasteiger charge is -2.09. The maximum atomic E-state index is 11.4. The van der Waals surface area contributed by atoms with Crippen molar-refractivity contribution in [1.29, 1.82) is 0 Å². The summed E-state index contributed by atoms with van der Waals surface area (Å²) in [5.41, 5.74) is -0.916. The summed E-state index contributed by atoms with van der Waals surface area (Å²) in [7, 11) is -3.54. The Morgan fingerprint density at radius 2 is 2.33 bits per heavy atom. The molecule has 0 amide bonds. The molecule has 0 saturated carbocycles. The van der Waals surface area contributed by atoms with Gasteiger partial charge in [-0.3, -0.25) is 4.57 Å². The third kappa shape index (κ3) is 2.97. The maximum absolute atomic E-state index is 11.4. The minimum Gasteiger partial charge on any atom is -0.459 e. The average molecular weight is 213 g/mol. The molecule has 1 unspecified atom stereocenters. The van der Waals surface area contributed by atoms with Crippen molar-refractivity contribution in [2.75, 3.05) is 12.7 Å². The SMILES string of the molecule is C=CP(=O)(OCCl)C(=O)OCC. The van der Waals surface area contributed by atoms with E-state index in [0.29, 0.717) is 0 Å². The first kappa shape index (κ1) is 11.7. The lowest BCUT2D eigenvalue weighted by Crippen LogP contribution is -2.03. The molecule has 70 valence electrons. The minimum atomic E-state index is -3.54. The monoisotopic (exact) mass is 212 g/mol. The molecule has 0 rings (SSSR count). The molecule has 0 radical (unpaired) electrons. The first-order chi connectivity index (χ1) is 5.60. The maximum Gasteiger partial charge on any atom is 0.395 e. The Morgan fingerprint density at radius 3 is 2.67 bits per heavy atom. The summed E-state index contributed by atoms with van der Waals surface area (Å²) < 4.78 is 20.4. The first-order valence-corrected chi connectivity index (χ1v) is 5.44. The first-order valence-electron chi connectivity index (χ1n) is 3.22. The average Bonchev–Trinajstić information content (AvgIpc) is 2.05. The second-order valence-electron chi connectivity index (χ2n) is 1.72. The van der Waals surface area contributed by atoms with Gasteiger partial charge in [-0.2, -0.15) is 0 Å². The standard InChI is InChI=1S/C6H10ClO4P/c1-3-10-6(8)12(9,4-2)11-5-7/h4H,2-3,5H2,1H3. The third-order valence-corrected chi connectivity index (χ3v) is 2.90. The van der Waals surface area contributed by atoms with Crippen LogP contribution in [-0.2, 0) is 13.8 Å². The van der Waals surface area contributed by atoms with Crippen molar-refractivity contribution in [1.82, 2.24) is 0 Å². The summed E-state index contributed by atoms with van der Waals surface area (Å²) in [5.74, 6) is 0.924. The van der Waals surface area contributed by atoms with Crippen LogP contribution < -0.4 is 0 Å². The molecule has 6 heteroatoms. The number of halogens is 1. The zero-order valence-electron chi connectivity index (χ0n) is 6.66. The van der Waals surface area contributed by atoms with Gasteiger partial charge in [-0.15, -0.1) is 0 Å². The summed E-state index contributed by atoms with van der Waals surface area (Å²) in [6, 6.07) is -0.331. The van der Waals surface area contributed by atoms with E-state index in [9.17, 15) is 9.36 Å². The summed E-state index contributed by atoms with van der Waals surface area (Å²) in [5, 5.41) is 0. The van der Waals surface area contributed by atoms with Gasteiger partial charge >= 0.3 is 13.1 Å². The van der Waals surface area contributed by atoms with E-state index >= 15 is 0 Å².